The maximum Gasteiger partial charge on any atom is 0.251 e. The van der Waals surface area contributed by atoms with E-state index in [0.29, 0.717) is 24.9 Å². The zero-order chi connectivity index (χ0) is 27.8. The van der Waals surface area contributed by atoms with E-state index in [2.05, 4.69) is 25.7 Å². The average molecular weight is 537 g/mol. The smallest absolute Gasteiger partial charge is 0.251 e. The molecule has 0 atom stereocenters. The summed E-state index contributed by atoms with van der Waals surface area (Å²) in [4.78, 5) is 15.8. The molecule has 0 spiro atoms. The van der Waals surface area contributed by atoms with Crippen molar-refractivity contribution in [2.24, 2.45) is 4.99 Å². The van der Waals surface area contributed by atoms with Crippen molar-refractivity contribution in [3.63, 3.8) is 0 Å². The number of hydrogen-bond donors (Lipinski definition) is 2. The molecule has 1 saturated heterocycles. The Balaban J connectivity index is 0.000000732. The van der Waals surface area contributed by atoms with Crippen molar-refractivity contribution in [3.05, 3.63) is 30.1 Å². The second-order valence-electron chi connectivity index (χ2n) is 9.33. The molecule has 3 aromatic rings. The summed E-state index contributed by atoms with van der Waals surface area (Å²) in [6.07, 6.45) is -0.998. The van der Waals surface area contributed by atoms with Crippen LogP contribution in [0.1, 0.15) is 45.7 Å². The number of aromatic nitrogens is 4. The number of nitrogens with zero attached hydrogens (tertiary/aromatic N) is 6. The molecule has 1 aliphatic rings. The van der Waals surface area contributed by atoms with Crippen molar-refractivity contribution in [1.29, 1.82) is 0 Å². The zero-order valence-corrected chi connectivity index (χ0v) is 22.5. The molecule has 0 unspecified atom stereocenters. The van der Waals surface area contributed by atoms with Gasteiger partial charge in [0.1, 0.15) is 5.52 Å². The van der Waals surface area contributed by atoms with Crippen molar-refractivity contribution >= 4 is 28.7 Å². The van der Waals surface area contributed by atoms with Gasteiger partial charge in [0.05, 0.1) is 23.6 Å². The topological polar surface area (TPSA) is 82.7 Å². The summed E-state index contributed by atoms with van der Waals surface area (Å²) in [6, 6.07) is 6.07. The minimum absolute atomic E-state index is 0.0278. The summed E-state index contributed by atoms with van der Waals surface area (Å²) < 4.78 is 48.6. The number of hydrogen-bond acceptors (Lipinski definition) is 7. The Kier molecular flexibility index (Phi) is 10.4. The van der Waals surface area contributed by atoms with E-state index < -0.39 is 12.9 Å². The van der Waals surface area contributed by atoms with Gasteiger partial charge >= 0.3 is 0 Å². The predicted molar refractivity (Wildman–Crippen MR) is 144 cm³/mol. The number of likely N-dealkylation sites (tertiary alicyclic amines) is 1. The third-order valence-electron chi connectivity index (χ3n) is 6.05. The van der Waals surface area contributed by atoms with Crippen LogP contribution in [0.15, 0.2) is 29.4 Å². The highest BCUT2D eigenvalue weighted by Gasteiger charge is 2.23. The van der Waals surface area contributed by atoms with Gasteiger partial charge in [-0.1, -0.05) is 6.92 Å². The van der Waals surface area contributed by atoms with Crippen LogP contribution in [0, 0.1) is 6.92 Å². The number of anilines is 2. The Hall–Kier alpha value is -3.28. The molecule has 4 rings (SSSR count). The summed E-state index contributed by atoms with van der Waals surface area (Å²) in [5.41, 5.74) is 5.29. The first-order chi connectivity index (χ1) is 18.1. The first-order valence-electron chi connectivity index (χ1n) is 12.7. The lowest BCUT2D eigenvalue weighted by atomic mass is 10.1. The summed E-state index contributed by atoms with van der Waals surface area (Å²) in [6.45, 7) is 8.44. The Morgan fingerprint density at radius 3 is 2.32 bits per heavy atom. The Labute approximate surface area is 220 Å². The monoisotopic (exact) mass is 536 g/mol. The Morgan fingerprint density at radius 2 is 1.76 bits per heavy atom. The number of pyridine rings is 1. The van der Waals surface area contributed by atoms with Gasteiger partial charge in [-0.05, 0) is 51.8 Å². The second-order valence-corrected chi connectivity index (χ2v) is 9.33. The average Bonchev–Trinajstić information content (AvgIpc) is 3.30. The molecule has 0 radical (unpaired) electrons. The normalized spacial score (nSPS) is 14.5. The van der Waals surface area contributed by atoms with Gasteiger partial charge < -0.3 is 10.6 Å². The standard InChI is InChI=1S/C23H30F2N8.C3H6F2/c1-14(2)27-18-5-6-19(28-15(18)3)17-9-12-33-21(17)22(26-4)30-23(31-33)29-16-7-10-32(11-8-16)13-20(24)25;1-2-3(4)5/h5-6,9,12,16,20H,7-8,10-11,13H2,1-4H3,(H2,26,29,30,31);3H,2H2,1H3. The van der Waals surface area contributed by atoms with Crippen LogP contribution < -0.4 is 10.6 Å². The highest BCUT2D eigenvalue weighted by atomic mass is 19.3. The molecule has 0 aromatic carbocycles. The Bertz CT molecular complexity index is 1220. The molecule has 0 bridgehead atoms. The molecule has 12 heteroatoms. The zero-order valence-electron chi connectivity index (χ0n) is 22.5. The lowest BCUT2D eigenvalue weighted by molar-refractivity contribution is 0.0769. The van der Waals surface area contributed by atoms with Crippen LogP contribution in [0.25, 0.3) is 16.8 Å². The Morgan fingerprint density at radius 1 is 1.08 bits per heavy atom. The molecule has 1 fully saturated rings. The second kappa shape index (κ2) is 13.5. The third-order valence-corrected chi connectivity index (χ3v) is 6.05. The number of fused-ring (bicyclic) bond motifs is 1. The van der Waals surface area contributed by atoms with Gasteiger partial charge in [-0.2, -0.15) is 4.98 Å². The van der Waals surface area contributed by atoms with Gasteiger partial charge in [-0.25, -0.2) is 22.1 Å². The molecule has 8 nitrogen and oxygen atoms in total. The fraction of sp³-hybridized carbons (Fsp3) is 0.538. The van der Waals surface area contributed by atoms with Crippen molar-refractivity contribution in [2.45, 2.75) is 65.9 Å². The fourth-order valence-electron chi connectivity index (χ4n) is 4.17. The van der Waals surface area contributed by atoms with Crippen LogP contribution in [-0.4, -0.2) is 75.8 Å². The van der Waals surface area contributed by atoms with Crippen molar-refractivity contribution in [1.82, 2.24) is 24.5 Å². The summed E-state index contributed by atoms with van der Waals surface area (Å²) >= 11 is 0. The first-order valence-corrected chi connectivity index (χ1v) is 12.7. The fourth-order valence-corrected chi connectivity index (χ4v) is 4.17. The van der Waals surface area contributed by atoms with Crippen molar-refractivity contribution < 1.29 is 17.6 Å². The van der Waals surface area contributed by atoms with E-state index in [4.69, 9.17) is 4.98 Å². The van der Waals surface area contributed by atoms with Crippen LogP contribution in [0.2, 0.25) is 0 Å². The molecule has 38 heavy (non-hydrogen) atoms. The number of rotatable bonds is 8. The maximum atomic E-state index is 12.6. The van der Waals surface area contributed by atoms with Crippen LogP contribution in [0.3, 0.4) is 0 Å². The maximum absolute atomic E-state index is 12.6. The molecular formula is C26H36F4N8. The van der Waals surface area contributed by atoms with Crippen LogP contribution in [0.4, 0.5) is 35.0 Å². The largest absolute Gasteiger partial charge is 0.371 e. The van der Waals surface area contributed by atoms with Gasteiger partial charge in [0.25, 0.3) is 6.43 Å². The minimum atomic E-state index is -2.29. The van der Waals surface area contributed by atoms with Gasteiger partial charge in [-0.3, -0.25) is 14.9 Å². The van der Waals surface area contributed by atoms with E-state index in [1.165, 1.54) is 6.92 Å². The summed E-state index contributed by atoms with van der Waals surface area (Å²) in [7, 11) is 1.83. The third kappa shape index (κ3) is 7.86. The molecule has 3 aromatic heterocycles. The van der Waals surface area contributed by atoms with E-state index >= 15 is 0 Å². The predicted octanol–water partition coefficient (Wildman–Crippen LogP) is 6.06. The molecular weight excluding hydrogens is 500 g/mol. The quantitative estimate of drug-likeness (QED) is 0.269. The van der Waals surface area contributed by atoms with Gasteiger partial charge in [0.15, 0.2) is 5.82 Å². The van der Waals surface area contributed by atoms with E-state index in [1.807, 2.05) is 52.2 Å². The molecule has 1 aliphatic heterocycles. The summed E-state index contributed by atoms with van der Waals surface area (Å²) in [5, 5.41) is 11.2. The number of alkyl halides is 4. The highest BCUT2D eigenvalue weighted by Crippen LogP contribution is 2.31. The van der Waals surface area contributed by atoms with Crippen molar-refractivity contribution in [3.8, 4) is 11.3 Å². The highest BCUT2D eigenvalue weighted by molar-refractivity contribution is 5.88. The number of nitrogens with one attached hydrogen (secondary N) is 2. The molecule has 0 saturated carbocycles. The SMILES string of the molecule is CCC(F)F.CNc1nc(NC2CCN(CC(F)F)CC2)nn2ccc(-c3ccc(N=C(C)C)c(C)n3)c12. The first kappa shape index (κ1) is 29.3. The molecule has 208 valence electrons. The van der Waals surface area contributed by atoms with E-state index in [-0.39, 0.29) is 19.0 Å². The molecule has 4 heterocycles. The van der Waals surface area contributed by atoms with Gasteiger partial charge in [-0.15, -0.1) is 5.10 Å². The van der Waals surface area contributed by atoms with Crippen LogP contribution in [0.5, 0.6) is 0 Å². The van der Waals surface area contributed by atoms with Crippen LogP contribution in [-0.2, 0) is 0 Å². The molecule has 2 N–H and O–H groups in total. The number of halogens is 4. The van der Waals surface area contributed by atoms with E-state index in [9.17, 15) is 17.6 Å². The lowest BCUT2D eigenvalue weighted by Gasteiger charge is -2.32. The van der Waals surface area contributed by atoms with Gasteiger partial charge in [0.2, 0.25) is 12.4 Å². The molecule has 0 aliphatic carbocycles. The minimum Gasteiger partial charge on any atom is -0.371 e. The van der Waals surface area contributed by atoms with E-state index in [0.717, 1.165) is 46.7 Å². The van der Waals surface area contributed by atoms with Crippen LogP contribution >= 0.6 is 0 Å². The van der Waals surface area contributed by atoms with Gasteiger partial charge in [0, 0.05) is 50.1 Å². The van der Waals surface area contributed by atoms with Crippen molar-refractivity contribution in [2.75, 3.05) is 37.3 Å². The lowest BCUT2D eigenvalue weighted by Crippen LogP contribution is -2.41. The molecule has 0 amide bonds. The number of piperidine rings is 1. The number of aryl methyl sites for hydroxylation is 1. The van der Waals surface area contributed by atoms with E-state index in [1.54, 1.807) is 9.42 Å². The summed E-state index contributed by atoms with van der Waals surface area (Å²) in [5.74, 6) is 1.20. The number of aliphatic imine (C=N–C) groups is 1.